The minimum absolute atomic E-state index is 0.0331. The van der Waals surface area contributed by atoms with Crippen LogP contribution < -0.4 is 9.47 Å². The first-order chi connectivity index (χ1) is 31.8. The first kappa shape index (κ1) is 44.6. The van der Waals surface area contributed by atoms with Gasteiger partial charge in [-0.1, -0.05) is 60.7 Å². The molecule has 0 atom stereocenters. The molecule has 2 saturated carbocycles. The predicted molar refractivity (Wildman–Crippen MR) is 257 cm³/mol. The van der Waals surface area contributed by atoms with E-state index in [4.69, 9.17) is 19.7 Å². The lowest BCUT2D eigenvalue weighted by atomic mass is 9.89. The average Bonchev–Trinajstić information content (AvgIpc) is 4.25. The minimum atomic E-state index is -0.817. The highest BCUT2D eigenvalue weighted by Gasteiger charge is 2.28. The van der Waals surface area contributed by atoms with Crippen LogP contribution in [0, 0.1) is 11.8 Å². The zero-order chi connectivity index (χ0) is 44.5. The Morgan fingerprint density at radius 3 is 1.57 bits per heavy atom. The molecule has 4 aliphatic rings. The van der Waals surface area contributed by atoms with E-state index in [2.05, 4.69) is 79.9 Å². The second kappa shape index (κ2) is 21.2. The number of rotatable bonds is 19. The van der Waals surface area contributed by atoms with Crippen LogP contribution in [-0.4, -0.2) is 93.6 Å². The van der Waals surface area contributed by atoms with Crippen molar-refractivity contribution in [3.63, 3.8) is 0 Å². The second-order valence-corrected chi connectivity index (χ2v) is 19.1. The molecule has 0 spiro atoms. The molecule has 0 radical (unpaired) electrons. The molecule has 4 heterocycles. The number of benzene rings is 4. The van der Waals surface area contributed by atoms with E-state index >= 15 is 0 Å². The molecule has 10 rings (SSSR count). The van der Waals surface area contributed by atoms with E-state index in [-0.39, 0.29) is 12.8 Å². The lowest BCUT2D eigenvalue weighted by Gasteiger charge is -2.32. The summed E-state index contributed by atoms with van der Waals surface area (Å²) in [5.74, 6) is 3.00. The van der Waals surface area contributed by atoms with Crippen molar-refractivity contribution >= 4 is 33.7 Å². The Hall–Kier alpha value is -5.58. The molecule has 342 valence electrons. The fourth-order valence-electron chi connectivity index (χ4n) is 10.2. The normalized spacial score (nSPS) is 17.5. The van der Waals surface area contributed by atoms with Gasteiger partial charge in [-0.05, 0) is 166 Å². The maximum Gasteiger partial charge on any atom is 0.307 e. The predicted octanol–water partition coefficient (Wildman–Crippen LogP) is 10.3. The van der Waals surface area contributed by atoms with Crippen molar-refractivity contribution in [2.24, 2.45) is 11.8 Å². The number of carboxylic acid groups (broad SMARTS) is 2. The van der Waals surface area contributed by atoms with Gasteiger partial charge < -0.3 is 33.7 Å². The first-order valence-electron chi connectivity index (χ1n) is 24.3. The third-order valence-electron chi connectivity index (χ3n) is 14.1. The van der Waals surface area contributed by atoms with E-state index in [0.29, 0.717) is 25.0 Å². The highest BCUT2D eigenvalue weighted by molar-refractivity contribution is 5.85. The SMILES string of the molecule is O=C(O)Cc1ccc(OCCN2CCC(c3cn(CC4CC4)c4ccccc34)CC2)cc1.O=C(O)Cc1cccc(OCCCN2CCC(c3cn(CC4CC4)c4ccccc34)CC2)c1. The summed E-state index contributed by atoms with van der Waals surface area (Å²) in [6.07, 6.45) is 16.3. The molecule has 4 fully saturated rings. The Morgan fingerprint density at radius 2 is 1.03 bits per heavy atom. The molecular weight excluding hydrogens is 813 g/mol. The standard InChI is InChI=1S/C28H34N2O3.C27H32N2O3/c31-28(32)18-22-5-3-6-24(17-22)33-16-4-13-29-14-11-23(12-15-29)26-20-30(19-21-9-10-21)27-8-2-1-7-25(26)27;30-27(31)17-20-7-9-23(10-8-20)32-16-15-28-13-11-22(12-14-28)25-19-29(18-21-5-6-21)26-4-2-1-3-24(25)26/h1-3,5-8,17,20-21,23H,4,9-16,18-19H2,(H,31,32);1-4,7-10,19,21-22H,5-6,11-18H2,(H,30,31). The van der Waals surface area contributed by atoms with E-state index in [1.54, 1.807) is 11.1 Å². The first-order valence-corrected chi connectivity index (χ1v) is 24.3. The van der Waals surface area contributed by atoms with E-state index in [1.807, 2.05) is 48.5 Å². The van der Waals surface area contributed by atoms with E-state index in [9.17, 15) is 9.59 Å². The van der Waals surface area contributed by atoms with E-state index in [1.165, 1.54) is 86.3 Å². The lowest BCUT2D eigenvalue weighted by Crippen LogP contribution is -2.35. The Bertz CT molecular complexity index is 2500. The maximum absolute atomic E-state index is 10.9. The monoisotopic (exact) mass is 878 g/mol. The number of aromatic nitrogens is 2. The van der Waals surface area contributed by atoms with Gasteiger partial charge in [-0.25, -0.2) is 0 Å². The van der Waals surface area contributed by atoms with Crippen LogP contribution in [-0.2, 0) is 35.5 Å². The van der Waals surface area contributed by atoms with E-state index < -0.39 is 11.9 Å². The molecule has 0 bridgehead atoms. The Balaban J connectivity index is 0.000000164. The summed E-state index contributed by atoms with van der Waals surface area (Å²) in [7, 11) is 0. The third-order valence-corrected chi connectivity index (χ3v) is 14.1. The summed E-state index contributed by atoms with van der Waals surface area (Å²) < 4.78 is 16.8. The van der Waals surface area contributed by atoms with Crippen LogP contribution in [0.3, 0.4) is 0 Å². The topological polar surface area (TPSA) is 109 Å². The van der Waals surface area contributed by atoms with Crippen molar-refractivity contribution in [1.29, 1.82) is 0 Å². The van der Waals surface area contributed by atoms with Crippen molar-refractivity contribution in [3.05, 3.63) is 132 Å². The van der Waals surface area contributed by atoms with Crippen LogP contribution in [0.1, 0.15) is 91.9 Å². The van der Waals surface area contributed by atoms with Crippen molar-refractivity contribution in [2.45, 2.75) is 95.6 Å². The summed E-state index contributed by atoms with van der Waals surface area (Å²) in [6, 6.07) is 32.7. The number of hydrogen-bond donors (Lipinski definition) is 2. The maximum atomic E-state index is 10.9. The molecule has 4 aromatic carbocycles. The number of aliphatic carboxylic acids is 2. The number of piperidine rings is 2. The molecule has 10 nitrogen and oxygen atoms in total. The molecule has 65 heavy (non-hydrogen) atoms. The molecule has 10 heteroatoms. The van der Waals surface area contributed by atoms with Crippen LogP contribution in [0.5, 0.6) is 11.5 Å². The second-order valence-electron chi connectivity index (χ2n) is 19.1. The van der Waals surface area contributed by atoms with Gasteiger partial charge in [0.25, 0.3) is 0 Å². The average molecular weight is 879 g/mol. The lowest BCUT2D eigenvalue weighted by molar-refractivity contribution is -0.137. The van der Waals surface area contributed by atoms with Crippen LogP contribution in [0.2, 0.25) is 0 Å². The van der Waals surface area contributed by atoms with Gasteiger partial charge in [0.2, 0.25) is 0 Å². The zero-order valence-electron chi connectivity index (χ0n) is 37.9. The molecule has 0 amide bonds. The fraction of sp³-hybridized carbons (Fsp3) is 0.455. The summed E-state index contributed by atoms with van der Waals surface area (Å²) >= 11 is 0. The van der Waals surface area contributed by atoms with Gasteiger partial charge in [-0.15, -0.1) is 0 Å². The van der Waals surface area contributed by atoms with Crippen LogP contribution in [0.25, 0.3) is 21.8 Å². The van der Waals surface area contributed by atoms with Gasteiger partial charge in [-0.2, -0.15) is 0 Å². The zero-order valence-corrected chi connectivity index (χ0v) is 37.9. The number of likely N-dealkylation sites (tertiary alicyclic amines) is 2. The van der Waals surface area contributed by atoms with Gasteiger partial charge in [0.15, 0.2) is 0 Å². The summed E-state index contributed by atoms with van der Waals surface area (Å²) in [6.45, 7) is 10.1. The molecule has 2 aromatic heterocycles. The number of para-hydroxylation sites is 2. The molecule has 2 saturated heterocycles. The number of carbonyl (C=O) groups is 2. The number of carboxylic acids is 2. The number of hydrogen-bond acceptors (Lipinski definition) is 6. The largest absolute Gasteiger partial charge is 0.494 e. The smallest absolute Gasteiger partial charge is 0.307 e. The van der Waals surface area contributed by atoms with Crippen LogP contribution >= 0.6 is 0 Å². The third kappa shape index (κ3) is 12.2. The Labute approximate surface area is 383 Å². The summed E-state index contributed by atoms with van der Waals surface area (Å²) in [4.78, 5) is 26.7. The molecule has 2 aliphatic heterocycles. The molecular formula is C55H66N4O6. The summed E-state index contributed by atoms with van der Waals surface area (Å²) in [5.41, 5.74) is 7.48. The van der Waals surface area contributed by atoms with Gasteiger partial charge in [0.05, 0.1) is 19.4 Å². The van der Waals surface area contributed by atoms with E-state index in [0.717, 1.165) is 80.2 Å². The van der Waals surface area contributed by atoms with Gasteiger partial charge in [0, 0.05) is 60.4 Å². The molecule has 2 N–H and O–H groups in total. The van der Waals surface area contributed by atoms with Gasteiger partial charge >= 0.3 is 11.9 Å². The fourth-order valence-corrected chi connectivity index (χ4v) is 10.2. The Morgan fingerprint density at radius 1 is 0.523 bits per heavy atom. The number of fused-ring (bicyclic) bond motifs is 2. The van der Waals surface area contributed by atoms with Crippen molar-refractivity contribution in [1.82, 2.24) is 18.9 Å². The highest BCUT2D eigenvalue weighted by Crippen LogP contribution is 2.39. The Kier molecular flexibility index (Phi) is 14.5. The van der Waals surface area contributed by atoms with Crippen molar-refractivity contribution in [3.8, 4) is 11.5 Å². The number of ether oxygens (including phenoxy) is 2. The molecule has 2 aliphatic carbocycles. The minimum Gasteiger partial charge on any atom is -0.494 e. The van der Waals surface area contributed by atoms with Crippen molar-refractivity contribution < 1.29 is 29.3 Å². The summed E-state index contributed by atoms with van der Waals surface area (Å²) in [5, 5.41) is 20.7. The highest BCUT2D eigenvalue weighted by atomic mass is 16.5. The quantitative estimate of drug-likeness (QED) is 0.0775. The van der Waals surface area contributed by atoms with Crippen LogP contribution in [0.4, 0.5) is 0 Å². The van der Waals surface area contributed by atoms with Gasteiger partial charge in [-0.3, -0.25) is 14.5 Å². The van der Waals surface area contributed by atoms with Crippen LogP contribution in [0.15, 0.2) is 109 Å². The van der Waals surface area contributed by atoms with Crippen molar-refractivity contribution in [2.75, 3.05) is 52.5 Å². The molecule has 6 aromatic rings. The number of nitrogens with zero attached hydrogens (tertiary/aromatic N) is 4. The molecule has 0 unspecified atom stereocenters. The van der Waals surface area contributed by atoms with Gasteiger partial charge in [0.1, 0.15) is 18.1 Å².